The average molecular weight is 297 g/mol. The molecule has 4 nitrogen and oxygen atoms in total. The molecule has 0 bridgehead atoms. The standard InChI is InChI=1S/C15H17F2NO3/c1-2-21-15(20)10-8-11(16)12(17)13(10)18-14(19)9-6-4-3-5-7-9/h3-7,10-13H,2,8H2,1H3,(H,18,19)/t10-,11+,12+,13+/m0/s1. The Morgan fingerprint density at radius 2 is 1.95 bits per heavy atom. The molecule has 0 radical (unpaired) electrons. The maximum Gasteiger partial charge on any atom is 0.311 e. The maximum atomic E-state index is 13.9. The summed E-state index contributed by atoms with van der Waals surface area (Å²) in [4.78, 5) is 23.8. The van der Waals surface area contributed by atoms with Crippen molar-refractivity contribution in [3.05, 3.63) is 35.9 Å². The molecule has 0 aliphatic heterocycles. The van der Waals surface area contributed by atoms with Gasteiger partial charge >= 0.3 is 5.97 Å². The van der Waals surface area contributed by atoms with E-state index < -0.39 is 36.2 Å². The molecule has 1 aliphatic carbocycles. The smallest absolute Gasteiger partial charge is 0.311 e. The minimum atomic E-state index is -1.91. The zero-order chi connectivity index (χ0) is 15.4. The van der Waals surface area contributed by atoms with Gasteiger partial charge in [-0.25, -0.2) is 8.78 Å². The number of halogens is 2. The Morgan fingerprint density at radius 1 is 1.29 bits per heavy atom. The van der Waals surface area contributed by atoms with Crippen LogP contribution in [0.4, 0.5) is 8.78 Å². The first-order valence-electron chi connectivity index (χ1n) is 6.85. The van der Waals surface area contributed by atoms with Crippen LogP contribution in [0.15, 0.2) is 30.3 Å². The van der Waals surface area contributed by atoms with Gasteiger partial charge in [-0.3, -0.25) is 9.59 Å². The van der Waals surface area contributed by atoms with Gasteiger partial charge in [-0.05, 0) is 25.5 Å². The minimum Gasteiger partial charge on any atom is -0.466 e. The van der Waals surface area contributed by atoms with Gasteiger partial charge in [-0.15, -0.1) is 0 Å². The maximum absolute atomic E-state index is 13.9. The fourth-order valence-electron chi connectivity index (χ4n) is 2.46. The van der Waals surface area contributed by atoms with Crippen molar-refractivity contribution in [2.24, 2.45) is 5.92 Å². The van der Waals surface area contributed by atoms with E-state index in [2.05, 4.69) is 5.32 Å². The van der Waals surface area contributed by atoms with Crippen molar-refractivity contribution in [2.75, 3.05) is 6.61 Å². The minimum absolute atomic E-state index is 0.128. The van der Waals surface area contributed by atoms with Crippen molar-refractivity contribution < 1.29 is 23.1 Å². The Labute approximate surface area is 121 Å². The molecule has 0 aromatic heterocycles. The number of carbonyl (C=O) groups excluding carboxylic acids is 2. The van der Waals surface area contributed by atoms with Gasteiger partial charge in [0.1, 0.15) is 6.17 Å². The van der Waals surface area contributed by atoms with Crippen LogP contribution in [0.1, 0.15) is 23.7 Å². The normalized spacial score (nSPS) is 28.1. The third-order valence-electron chi connectivity index (χ3n) is 3.52. The second-order valence-electron chi connectivity index (χ2n) is 4.92. The van der Waals surface area contributed by atoms with Crippen molar-refractivity contribution in [2.45, 2.75) is 31.7 Å². The molecule has 1 aromatic rings. The molecule has 6 heteroatoms. The quantitative estimate of drug-likeness (QED) is 0.865. The van der Waals surface area contributed by atoms with Gasteiger partial charge in [0.15, 0.2) is 6.17 Å². The third kappa shape index (κ3) is 3.37. The van der Waals surface area contributed by atoms with Crippen LogP contribution in [0.3, 0.4) is 0 Å². The van der Waals surface area contributed by atoms with Gasteiger partial charge in [0.25, 0.3) is 5.91 Å². The number of carbonyl (C=O) groups is 2. The molecule has 1 aliphatic rings. The molecule has 1 amide bonds. The Bertz CT molecular complexity index is 509. The van der Waals surface area contributed by atoms with Gasteiger partial charge in [0.2, 0.25) is 0 Å². The summed E-state index contributed by atoms with van der Waals surface area (Å²) in [6, 6.07) is 6.98. The van der Waals surface area contributed by atoms with Gasteiger partial charge in [0.05, 0.1) is 18.6 Å². The number of benzene rings is 1. The summed E-state index contributed by atoms with van der Waals surface area (Å²) in [6.45, 7) is 1.74. The number of nitrogens with one attached hydrogen (secondary N) is 1. The SMILES string of the molecule is CCOC(=O)[C@H]1C[C@@H](F)[C@@H](F)[C@@H]1NC(=O)c1ccccc1. The Morgan fingerprint density at radius 3 is 2.57 bits per heavy atom. The van der Waals surface area contributed by atoms with Crippen LogP contribution in [0.5, 0.6) is 0 Å². The molecule has 0 heterocycles. The van der Waals surface area contributed by atoms with Gasteiger partial charge < -0.3 is 10.1 Å². The zero-order valence-corrected chi connectivity index (χ0v) is 11.6. The molecule has 1 N–H and O–H groups in total. The highest BCUT2D eigenvalue weighted by Crippen LogP contribution is 2.32. The molecule has 2 rings (SSSR count). The van der Waals surface area contributed by atoms with E-state index in [4.69, 9.17) is 4.74 Å². The molecule has 1 saturated carbocycles. The Balaban J connectivity index is 2.11. The van der Waals surface area contributed by atoms with Crippen molar-refractivity contribution in [1.82, 2.24) is 5.32 Å². The highest BCUT2D eigenvalue weighted by atomic mass is 19.2. The molecule has 114 valence electrons. The zero-order valence-electron chi connectivity index (χ0n) is 11.6. The summed E-state index contributed by atoms with van der Waals surface area (Å²) < 4.78 is 32.3. The van der Waals surface area contributed by atoms with E-state index in [1.54, 1.807) is 37.3 Å². The molecule has 0 spiro atoms. The van der Waals surface area contributed by atoms with E-state index >= 15 is 0 Å². The van der Waals surface area contributed by atoms with Crippen molar-refractivity contribution in [3.63, 3.8) is 0 Å². The monoisotopic (exact) mass is 297 g/mol. The summed E-state index contributed by atoms with van der Waals surface area (Å²) >= 11 is 0. The summed E-state index contributed by atoms with van der Waals surface area (Å²) in [5, 5.41) is 2.41. The van der Waals surface area contributed by atoms with Crippen LogP contribution in [-0.4, -0.2) is 36.9 Å². The molecule has 1 aromatic carbocycles. The van der Waals surface area contributed by atoms with E-state index in [-0.39, 0.29) is 13.0 Å². The molecular formula is C15H17F2NO3. The largest absolute Gasteiger partial charge is 0.466 e. The summed E-state index contributed by atoms with van der Waals surface area (Å²) in [5.41, 5.74) is 0.328. The molecule has 1 fully saturated rings. The number of ether oxygens (including phenoxy) is 1. The van der Waals surface area contributed by atoms with Gasteiger partial charge in [-0.2, -0.15) is 0 Å². The van der Waals surface area contributed by atoms with Crippen LogP contribution in [0.2, 0.25) is 0 Å². The summed E-state index contributed by atoms with van der Waals surface area (Å²) in [7, 11) is 0. The van der Waals surface area contributed by atoms with E-state index in [1.807, 2.05) is 0 Å². The topological polar surface area (TPSA) is 55.4 Å². The van der Waals surface area contributed by atoms with Crippen molar-refractivity contribution in [1.29, 1.82) is 0 Å². The first kappa shape index (κ1) is 15.4. The third-order valence-corrected chi connectivity index (χ3v) is 3.52. The second kappa shape index (κ2) is 6.65. The fourth-order valence-corrected chi connectivity index (χ4v) is 2.46. The van der Waals surface area contributed by atoms with Crippen LogP contribution >= 0.6 is 0 Å². The lowest BCUT2D eigenvalue weighted by molar-refractivity contribution is -0.148. The van der Waals surface area contributed by atoms with Crippen LogP contribution in [0, 0.1) is 5.92 Å². The van der Waals surface area contributed by atoms with Gasteiger partial charge in [0, 0.05) is 5.56 Å². The molecule has 0 saturated heterocycles. The van der Waals surface area contributed by atoms with Crippen LogP contribution in [-0.2, 0) is 9.53 Å². The second-order valence-corrected chi connectivity index (χ2v) is 4.92. The predicted molar refractivity (Wildman–Crippen MR) is 72.2 cm³/mol. The van der Waals surface area contributed by atoms with E-state index in [9.17, 15) is 18.4 Å². The molecular weight excluding hydrogens is 280 g/mol. The fraction of sp³-hybridized carbons (Fsp3) is 0.467. The van der Waals surface area contributed by atoms with E-state index in [0.717, 1.165) is 0 Å². The summed E-state index contributed by atoms with van der Waals surface area (Å²) in [6.07, 6.45) is -3.97. The Kier molecular flexibility index (Phi) is 4.88. The van der Waals surface area contributed by atoms with Crippen LogP contribution < -0.4 is 5.32 Å². The number of amides is 1. The van der Waals surface area contributed by atoms with Gasteiger partial charge in [-0.1, -0.05) is 18.2 Å². The highest BCUT2D eigenvalue weighted by Gasteiger charge is 2.49. The summed E-state index contributed by atoms with van der Waals surface area (Å²) in [5.74, 6) is -2.21. The lowest BCUT2D eigenvalue weighted by Crippen LogP contribution is -2.46. The van der Waals surface area contributed by atoms with Crippen LogP contribution in [0.25, 0.3) is 0 Å². The predicted octanol–water partition coefficient (Wildman–Crippen LogP) is 2.04. The number of esters is 1. The lowest BCUT2D eigenvalue weighted by atomic mass is 10.0. The number of hydrogen-bond acceptors (Lipinski definition) is 3. The Hall–Kier alpha value is -1.98. The number of alkyl halides is 2. The first-order valence-corrected chi connectivity index (χ1v) is 6.85. The highest BCUT2D eigenvalue weighted by molar-refractivity contribution is 5.94. The number of hydrogen-bond donors (Lipinski definition) is 1. The molecule has 4 atom stereocenters. The van der Waals surface area contributed by atoms with Crippen molar-refractivity contribution >= 4 is 11.9 Å². The van der Waals surface area contributed by atoms with E-state index in [0.29, 0.717) is 5.56 Å². The number of rotatable bonds is 4. The molecule has 21 heavy (non-hydrogen) atoms. The lowest BCUT2D eigenvalue weighted by Gasteiger charge is -2.21. The average Bonchev–Trinajstić information content (AvgIpc) is 2.77. The first-order chi connectivity index (χ1) is 10.0. The molecule has 0 unspecified atom stereocenters. The van der Waals surface area contributed by atoms with E-state index in [1.165, 1.54) is 0 Å². The van der Waals surface area contributed by atoms with Crippen molar-refractivity contribution in [3.8, 4) is 0 Å².